The first-order valence-corrected chi connectivity index (χ1v) is 5.50. The van der Waals surface area contributed by atoms with E-state index in [0.29, 0.717) is 23.3 Å². The average Bonchev–Trinajstić information content (AvgIpc) is 2.37. The minimum absolute atomic E-state index is 0.0489. The lowest BCUT2D eigenvalue weighted by atomic mass is 10.2. The van der Waals surface area contributed by atoms with Gasteiger partial charge in [-0.2, -0.15) is 0 Å². The van der Waals surface area contributed by atoms with Gasteiger partial charge in [-0.05, 0) is 30.2 Å². The zero-order valence-corrected chi connectivity index (χ0v) is 9.79. The molecule has 6 nitrogen and oxygen atoms in total. The average molecular weight is 245 g/mol. The summed E-state index contributed by atoms with van der Waals surface area (Å²) in [6.45, 7) is 2.61. The summed E-state index contributed by atoms with van der Waals surface area (Å²) in [5.41, 5.74) is 8.01. The molecule has 0 aliphatic rings. The van der Waals surface area contributed by atoms with E-state index in [9.17, 15) is 4.79 Å². The van der Waals surface area contributed by atoms with Gasteiger partial charge in [-0.1, -0.05) is 12.0 Å². The number of fused-ring (bicyclic) bond motifs is 1. The van der Waals surface area contributed by atoms with Crippen molar-refractivity contribution >= 4 is 16.7 Å². The van der Waals surface area contributed by atoms with Gasteiger partial charge in [0.2, 0.25) is 0 Å². The molecule has 2 rings (SSSR count). The monoisotopic (exact) mass is 245 g/mol. The fourth-order valence-corrected chi connectivity index (χ4v) is 1.51. The van der Waals surface area contributed by atoms with E-state index in [1.165, 1.54) is 6.07 Å². The third-order valence-corrected chi connectivity index (χ3v) is 2.31. The maximum atomic E-state index is 11.5. The van der Waals surface area contributed by atoms with E-state index in [1.807, 2.05) is 6.92 Å². The first-order chi connectivity index (χ1) is 8.74. The van der Waals surface area contributed by atoms with Crippen LogP contribution in [0.2, 0.25) is 0 Å². The number of hydrogen-bond donors (Lipinski definition) is 0. The lowest BCUT2D eigenvalue weighted by Crippen LogP contribution is -1.98. The zero-order valence-electron chi connectivity index (χ0n) is 9.79. The number of ether oxygens (including phenoxy) is 1. The standard InChI is InChI=1S/C12H11N3O3/c1-2-5-17-9-4-3-8-6-10(14-15-13)12(16)18-11(8)7-9/h3-4,6-7H,2,5H2,1H3. The molecule has 1 aromatic carbocycles. The molecular formula is C12H11N3O3. The van der Waals surface area contributed by atoms with Gasteiger partial charge in [0.05, 0.1) is 6.61 Å². The molecule has 0 saturated carbocycles. The summed E-state index contributed by atoms with van der Waals surface area (Å²) < 4.78 is 10.5. The summed E-state index contributed by atoms with van der Waals surface area (Å²) >= 11 is 0. The number of nitrogens with zero attached hydrogens (tertiary/aromatic N) is 3. The highest BCUT2D eigenvalue weighted by atomic mass is 16.5. The number of hydrogen-bond acceptors (Lipinski definition) is 4. The fraction of sp³-hybridized carbons (Fsp3) is 0.250. The maximum absolute atomic E-state index is 11.5. The van der Waals surface area contributed by atoms with Crippen LogP contribution in [0.1, 0.15) is 13.3 Å². The molecule has 92 valence electrons. The zero-order chi connectivity index (χ0) is 13.0. The highest BCUT2D eigenvalue weighted by Crippen LogP contribution is 2.22. The Balaban J connectivity index is 2.48. The molecule has 1 heterocycles. The van der Waals surface area contributed by atoms with Gasteiger partial charge in [0.25, 0.3) is 0 Å². The van der Waals surface area contributed by atoms with Crippen LogP contribution in [0.4, 0.5) is 5.69 Å². The SMILES string of the molecule is CCCOc1ccc2cc(N=[N+]=[N-])c(=O)oc2c1. The fourth-order valence-electron chi connectivity index (χ4n) is 1.51. The second kappa shape index (κ2) is 5.25. The molecule has 0 fully saturated rings. The van der Waals surface area contributed by atoms with Gasteiger partial charge in [0.1, 0.15) is 17.0 Å². The molecule has 0 amide bonds. The van der Waals surface area contributed by atoms with E-state index >= 15 is 0 Å². The molecule has 18 heavy (non-hydrogen) atoms. The van der Waals surface area contributed by atoms with E-state index in [2.05, 4.69) is 10.0 Å². The summed E-state index contributed by atoms with van der Waals surface area (Å²) in [6, 6.07) is 6.66. The number of azide groups is 1. The van der Waals surface area contributed by atoms with Gasteiger partial charge in [0.15, 0.2) is 0 Å². The molecule has 0 atom stereocenters. The molecule has 0 aliphatic carbocycles. The molecule has 0 radical (unpaired) electrons. The van der Waals surface area contributed by atoms with Crippen LogP contribution in [0.3, 0.4) is 0 Å². The van der Waals surface area contributed by atoms with Crippen molar-refractivity contribution in [2.45, 2.75) is 13.3 Å². The highest BCUT2D eigenvalue weighted by molar-refractivity contribution is 5.80. The second-order valence-electron chi connectivity index (χ2n) is 3.66. The van der Waals surface area contributed by atoms with Gasteiger partial charge in [0, 0.05) is 16.4 Å². The van der Waals surface area contributed by atoms with Gasteiger partial charge < -0.3 is 9.15 Å². The predicted octanol–water partition coefficient (Wildman–Crippen LogP) is 3.52. The quantitative estimate of drug-likeness (QED) is 0.357. The normalized spacial score (nSPS) is 10.1. The number of rotatable bonds is 4. The molecule has 0 saturated heterocycles. The first kappa shape index (κ1) is 12.0. The molecule has 0 unspecified atom stereocenters. The van der Waals surface area contributed by atoms with E-state index in [4.69, 9.17) is 14.7 Å². The topological polar surface area (TPSA) is 88.2 Å². The summed E-state index contributed by atoms with van der Waals surface area (Å²) in [5.74, 6) is 0.643. The third kappa shape index (κ3) is 2.44. The van der Waals surface area contributed by atoms with Gasteiger partial charge >= 0.3 is 5.63 Å². The van der Waals surface area contributed by atoms with Crippen LogP contribution in [-0.2, 0) is 0 Å². The second-order valence-corrected chi connectivity index (χ2v) is 3.66. The molecule has 2 aromatic rings. The Morgan fingerprint density at radius 3 is 3.00 bits per heavy atom. The van der Waals surface area contributed by atoms with Crippen molar-refractivity contribution in [3.8, 4) is 5.75 Å². The van der Waals surface area contributed by atoms with E-state index < -0.39 is 5.63 Å². The van der Waals surface area contributed by atoms with Crippen molar-refractivity contribution in [2.24, 2.45) is 5.11 Å². The molecule has 0 spiro atoms. The first-order valence-electron chi connectivity index (χ1n) is 5.50. The summed E-state index contributed by atoms with van der Waals surface area (Å²) in [7, 11) is 0. The summed E-state index contributed by atoms with van der Waals surface area (Å²) in [4.78, 5) is 14.0. The van der Waals surface area contributed by atoms with Crippen LogP contribution >= 0.6 is 0 Å². The molecule has 0 N–H and O–H groups in total. The third-order valence-electron chi connectivity index (χ3n) is 2.31. The van der Waals surface area contributed by atoms with Crippen molar-refractivity contribution in [3.05, 3.63) is 45.1 Å². The highest BCUT2D eigenvalue weighted by Gasteiger charge is 2.04. The van der Waals surface area contributed by atoms with Crippen molar-refractivity contribution < 1.29 is 9.15 Å². The van der Waals surface area contributed by atoms with Crippen molar-refractivity contribution in [1.82, 2.24) is 0 Å². The van der Waals surface area contributed by atoms with Gasteiger partial charge in [-0.3, -0.25) is 0 Å². The maximum Gasteiger partial charge on any atom is 0.345 e. The minimum Gasteiger partial charge on any atom is -0.493 e. The molecule has 0 bridgehead atoms. The van der Waals surface area contributed by atoms with Crippen molar-refractivity contribution in [3.63, 3.8) is 0 Å². The van der Waals surface area contributed by atoms with Crippen LogP contribution < -0.4 is 10.4 Å². The van der Waals surface area contributed by atoms with Crippen LogP contribution in [-0.4, -0.2) is 6.61 Å². The van der Waals surface area contributed by atoms with Crippen molar-refractivity contribution in [1.29, 1.82) is 0 Å². The number of benzene rings is 1. The van der Waals surface area contributed by atoms with Gasteiger partial charge in [-0.15, -0.1) is 0 Å². The Labute approximate surface area is 102 Å². The predicted molar refractivity (Wildman–Crippen MR) is 67.1 cm³/mol. The Bertz CT molecular complexity index is 672. The Kier molecular flexibility index (Phi) is 3.50. The Morgan fingerprint density at radius 2 is 2.28 bits per heavy atom. The molecule has 1 aromatic heterocycles. The molecular weight excluding hydrogens is 234 g/mol. The van der Waals surface area contributed by atoms with Crippen LogP contribution in [0, 0.1) is 0 Å². The van der Waals surface area contributed by atoms with Gasteiger partial charge in [-0.25, -0.2) is 4.79 Å². The summed E-state index contributed by atoms with van der Waals surface area (Å²) in [5, 5.41) is 3.95. The van der Waals surface area contributed by atoms with E-state index in [1.54, 1.807) is 18.2 Å². The van der Waals surface area contributed by atoms with Crippen molar-refractivity contribution in [2.75, 3.05) is 6.61 Å². The minimum atomic E-state index is -0.659. The lowest BCUT2D eigenvalue weighted by Gasteiger charge is -2.05. The van der Waals surface area contributed by atoms with Crippen LogP contribution in [0.5, 0.6) is 5.75 Å². The largest absolute Gasteiger partial charge is 0.493 e. The van der Waals surface area contributed by atoms with Crippen LogP contribution in [0.25, 0.3) is 21.4 Å². The molecule has 0 aliphatic heterocycles. The Hall–Kier alpha value is -2.46. The lowest BCUT2D eigenvalue weighted by molar-refractivity contribution is 0.317. The smallest absolute Gasteiger partial charge is 0.345 e. The summed E-state index contributed by atoms with van der Waals surface area (Å²) in [6.07, 6.45) is 0.901. The van der Waals surface area contributed by atoms with E-state index in [-0.39, 0.29) is 5.69 Å². The Morgan fingerprint density at radius 1 is 1.44 bits per heavy atom. The van der Waals surface area contributed by atoms with E-state index in [0.717, 1.165) is 6.42 Å². The molecule has 6 heteroatoms. The van der Waals surface area contributed by atoms with Crippen LogP contribution in [0.15, 0.2) is 38.6 Å².